The molecule has 8 nitrogen and oxygen atoms in total. The van der Waals surface area contributed by atoms with Crippen molar-refractivity contribution in [3.05, 3.63) is 29.5 Å². The average molecular weight is 272 g/mol. The molecule has 1 heterocycles. The third-order valence-electron chi connectivity index (χ3n) is 2.92. The number of quaternary nitrogens is 1. The van der Waals surface area contributed by atoms with Gasteiger partial charge in [0.05, 0.1) is 6.61 Å². The maximum Gasteiger partial charge on any atom is 0.165 e. The van der Waals surface area contributed by atoms with Crippen LogP contribution in [0.15, 0.2) is 24.3 Å². The summed E-state index contributed by atoms with van der Waals surface area (Å²) in [5.41, 5.74) is 0.531. The minimum Gasteiger partial charge on any atom is -0.595 e. The molecular formula is C11H16N2O6. The number of benzene rings is 1. The van der Waals surface area contributed by atoms with E-state index in [0.29, 0.717) is 5.69 Å². The number of hydrogen-bond acceptors (Lipinski definition) is 7. The molecule has 1 aromatic carbocycles. The van der Waals surface area contributed by atoms with Crippen molar-refractivity contribution in [1.82, 2.24) is 0 Å². The smallest absolute Gasteiger partial charge is 0.165 e. The summed E-state index contributed by atoms with van der Waals surface area (Å²) >= 11 is 0. The first-order valence-electron chi connectivity index (χ1n) is 5.74. The van der Waals surface area contributed by atoms with Gasteiger partial charge in [-0.05, 0) is 6.07 Å². The van der Waals surface area contributed by atoms with Crippen LogP contribution in [-0.4, -0.2) is 51.7 Å². The highest BCUT2D eigenvalue weighted by molar-refractivity contribution is 5.51. The van der Waals surface area contributed by atoms with Crippen LogP contribution in [0.1, 0.15) is 0 Å². The van der Waals surface area contributed by atoms with Gasteiger partial charge in [-0.15, -0.1) is 0 Å². The van der Waals surface area contributed by atoms with Crippen molar-refractivity contribution >= 4 is 11.4 Å². The minimum absolute atomic E-state index is 0.0934. The number of hydrogen-bond donors (Lipinski definition) is 6. The van der Waals surface area contributed by atoms with E-state index in [9.17, 15) is 20.5 Å². The van der Waals surface area contributed by atoms with E-state index < -0.39 is 29.8 Å². The van der Waals surface area contributed by atoms with Crippen LogP contribution in [0.5, 0.6) is 0 Å². The highest BCUT2D eigenvalue weighted by Crippen LogP contribution is 2.19. The van der Waals surface area contributed by atoms with E-state index in [0.717, 1.165) is 0 Å². The van der Waals surface area contributed by atoms with Gasteiger partial charge in [-0.3, -0.25) is 0 Å². The predicted octanol–water partition coefficient (Wildman–Crippen LogP) is -2.06. The van der Waals surface area contributed by atoms with E-state index >= 15 is 0 Å². The lowest BCUT2D eigenvalue weighted by atomic mass is 10.0. The fourth-order valence-electron chi connectivity index (χ4n) is 1.84. The molecule has 0 saturated carbocycles. The summed E-state index contributed by atoms with van der Waals surface area (Å²) in [5.74, 6) is 0. The van der Waals surface area contributed by atoms with E-state index in [-0.39, 0.29) is 12.3 Å². The first-order chi connectivity index (χ1) is 8.99. The van der Waals surface area contributed by atoms with Crippen LogP contribution in [0, 0.1) is 5.21 Å². The molecule has 0 bridgehead atoms. The van der Waals surface area contributed by atoms with Gasteiger partial charge in [-0.25, -0.2) is 5.21 Å². The average Bonchev–Trinajstić information content (AvgIpc) is 2.40. The Kier molecular flexibility index (Phi) is 4.32. The van der Waals surface area contributed by atoms with Crippen LogP contribution in [0.25, 0.3) is 0 Å². The van der Waals surface area contributed by atoms with Gasteiger partial charge < -0.3 is 30.6 Å². The van der Waals surface area contributed by atoms with E-state index in [4.69, 9.17) is 9.94 Å². The highest BCUT2D eigenvalue weighted by atomic mass is 16.8. The number of ether oxygens (including phenoxy) is 1. The summed E-state index contributed by atoms with van der Waals surface area (Å²) < 4.78 is 5.16. The van der Waals surface area contributed by atoms with Gasteiger partial charge in [0.15, 0.2) is 11.9 Å². The second-order valence-electron chi connectivity index (χ2n) is 4.33. The topological polar surface area (TPSA) is 130 Å². The van der Waals surface area contributed by atoms with Gasteiger partial charge in [0.2, 0.25) is 0 Å². The van der Waals surface area contributed by atoms with Gasteiger partial charge in [0.25, 0.3) is 0 Å². The molecule has 1 fully saturated rings. The normalized spacial score (nSPS) is 32.9. The lowest BCUT2D eigenvalue weighted by molar-refractivity contribution is -0.991. The van der Waals surface area contributed by atoms with Crippen LogP contribution in [0.2, 0.25) is 0 Å². The van der Waals surface area contributed by atoms with E-state index in [1.165, 1.54) is 12.1 Å². The van der Waals surface area contributed by atoms with Crippen LogP contribution < -0.4 is 10.5 Å². The molecule has 0 amide bonds. The van der Waals surface area contributed by atoms with Crippen molar-refractivity contribution in [1.29, 1.82) is 0 Å². The molecule has 19 heavy (non-hydrogen) atoms. The van der Waals surface area contributed by atoms with Crippen molar-refractivity contribution in [3.8, 4) is 0 Å². The first kappa shape index (κ1) is 14.2. The molecule has 1 aliphatic rings. The summed E-state index contributed by atoms with van der Waals surface area (Å²) in [5, 5.41) is 50.0. The van der Waals surface area contributed by atoms with Crippen LogP contribution in [0.3, 0.4) is 0 Å². The predicted molar refractivity (Wildman–Crippen MR) is 63.6 cm³/mol. The lowest BCUT2D eigenvalue weighted by Gasteiger charge is -2.35. The molecule has 1 saturated heterocycles. The maximum atomic E-state index is 10.8. The molecule has 1 unspecified atom stereocenters. The van der Waals surface area contributed by atoms with Crippen molar-refractivity contribution in [3.63, 3.8) is 0 Å². The number of nitrogens with one attached hydrogen (secondary N) is 2. The Balaban J connectivity index is 2.06. The van der Waals surface area contributed by atoms with Crippen molar-refractivity contribution in [2.24, 2.45) is 0 Å². The molecule has 1 aromatic rings. The Bertz CT molecular complexity index is 429. The van der Waals surface area contributed by atoms with Gasteiger partial charge >= 0.3 is 0 Å². The quantitative estimate of drug-likeness (QED) is 0.349. The van der Waals surface area contributed by atoms with Crippen LogP contribution >= 0.6 is 0 Å². The highest BCUT2D eigenvalue weighted by Gasteiger charge is 2.37. The number of rotatable bonds is 3. The Hall–Kier alpha value is -1.26. The minimum atomic E-state index is -1.31. The SMILES string of the molecule is [O-][NH+](O)c1cccc(N[C@H]2OC[C@@H](O)[C@@H](O)[C@H]2O)c1. The second kappa shape index (κ2) is 5.80. The van der Waals surface area contributed by atoms with Crippen LogP contribution in [-0.2, 0) is 4.74 Å². The lowest BCUT2D eigenvalue weighted by Crippen LogP contribution is -2.99. The molecule has 106 valence electrons. The molecular weight excluding hydrogens is 256 g/mol. The molecule has 1 aliphatic heterocycles. The van der Waals surface area contributed by atoms with Gasteiger partial charge in [-0.2, -0.15) is 5.23 Å². The summed E-state index contributed by atoms with van der Waals surface area (Å²) in [7, 11) is 0. The zero-order chi connectivity index (χ0) is 14.0. The van der Waals surface area contributed by atoms with E-state index in [1.807, 2.05) is 0 Å². The third-order valence-corrected chi connectivity index (χ3v) is 2.92. The third kappa shape index (κ3) is 3.19. The summed E-state index contributed by atoms with van der Waals surface area (Å²) in [6.45, 7) is -0.117. The second-order valence-corrected chi connectivity index (χ2v) is 4.33. The molecule has 6 N–H and O–H groups in total. The Morgan fingerprint density at radius 3 is 2.68 bits per heavy atom. The summed E-state index contributed by atoms with van der Waals surface area (Å²) in [6, 6.07) is 5.98. The summed E-state index contributed by atoms with van der Waals surface area (Å²) in [6.07, 6.45) is -4.67. The van der Waals surface area contributed by atoms with Crippen molar-refractivity contribution in [2.75, 3.05) is 11.9 Å². The Morgan fingerprint density at radius 2 is 2.00 bits per heavy atom. The molecule has 0 spiro atoms. The fraction of sp³-hybridized carbons (Fsp3) is 0.455. The van der Waals surface area contributed by atoms with E-state index in [1.54, 1.807) is 12.1 Å². The van der Waals surface area contributed by atoms with Gasteiger partial charge in [0.1, 0.15) is 18.3 Å². The zero-order valence-corrected chi connectivity index (χ0v) is 9.93. The van der Waals surface area contributed by atoms with Crippen LogP contribution in [0.4, 0.5) is 11.4 Å². The Labute approximate surface area is 109 Å². The maximum absolute atomic E-state index is 10.8. The Morgan fingerprint density at radius 1 is 1.26 bits per heavy atom. The first-order valence-corrected chi connectivity index (χ1v) is 5.74. The zero-order valence-electron chi connectivity index (χ0n) is 9.93. The standard InChI is InChI=1S/C11H16N2O6/c14-8-5-19-11(10(16)9(8)15)12-6-2-1-3-7(4-6)13(17)18/h1-4,8-17H,5H2/t8-,9-,10-,11+/m1/s1. The van der Waals surface area contributed by atoms with Gasteiger partial charge in [0, 0.05) is 17.8 Å². The number of anilines is 1. The van der Waals surface area contributed by atoms with Gasteiger partial charge in [-0.1, -0.05) is 6.07 Å². The molecule has 5 atom stereocenters. The number of aliphatic hydroxyl groups is 3. The van der Waals surface area contributed by atoms with Crippen molar-refractivity contribution < 1.29 is 30.5 Å². The molecule has 0 radical (unpaired) electrons. The van der Waals surface area contributed by atoms with E-state index in [2.05, 4.69) is 5.32 Å². The molecule has 2 rings (SSSR count). The fourth-order valence-corrected chi connectivity index (χ4v) is 1.84. The molecule has 0 aliphatic carbocycles. The monoisotopic (exact) mass is 272 g/mol. The number of aliphatic hydroxyl groups excluding tert-OH is 3. The molecule has 8 heteroatoms. The largest absolute Gasteiger partial charge is 0.595 e. The van der Waals surface area contributed by atoms with Crippen molar-refractivity contribution in [2.45, 2.75) is 24.5 Å². The molecule has 0 aromatic heterocycles. The summed E-state index contributed by atoms with van der Waals surface area (Å²) in [4.78, 5) is 0.